The highest BCUT2D eigenvalue weighted by atomic mass is 19.1. The molecule has 1 aromatic rings. The zero-order valence-corrected chi connectivity index (χ0v) is 12.8. The van der Waals surface area contributed by atoms with Gasteiger partial charge in [0.1, 0.15) is 11.9 Å². The first-order valence-electron chi connectivity index (χ1n) is 7.52. The first-order valence-corrected chi connectivity index (χ1v) is 7.52. The summed E-state index contributed by atoms with van der Waals surface area (Å²) in [4.78, 5) is 13.5. The van der Waals surface area contributed by atoms with Gasteiger partial charge in [0, 0.05) is 13.2 Å². The van der Waals surface area contributed by atoms with Crippen molar-refractivity contribution in [3.63, 3.8) is 0 Å². The minimum Gasteiger partial charge on any atom is -0.377 e. The van der Waals surface area contributed by atoms with Gasteiger partial charge in [-0.15, -0.1) is 0 Å². The minimum atomic E-state index is -0.665. The Kier molecular flexibility index (Phi) is 6.30. The molecule has 2 atom stereocenters. The molecular weight excluding hydrogens is 287 g/mol. The number of rotatable bonds is 8. The van der Waals surface area contributed by atoms with Crippen molar-refractivity contribution in [2.75, 3.05) is 33.4 Å². The van der Waals surface area contributed by atoms with Crippen molar-refractivity contribution in [2.45, 2.75) is 25.0 Å². The number of benzene rings is 1. The quantitative estimate of drug-likeness (QED) is 0.739. The lowest BCUT2D eigenvalue weighted by molar-refractivity contribution is -0.123. The Labute approximate surface area is 130 Å². The average molecular weight is 310 g/mol. The molecule has 2 N–H and O–H groups in total. The van der Waals surface area contributed by atoms with Crippen LogP contribution in [0.2, 0.25) is 0 Å². The van der Waals surface area contributed by atoms with Crippen molar-refractivity contribution in [1.29, 1.82) is 0 Å². The van der Waals surface area contributed by atoms with E-state index >= 15 is 0 Å². The van der Waals surface area contributed by atoms with Crippen molar-refractivity contribution in [3.8, 4) is 0 Å². The molecule has 1 aromatic carbocycles. The SMILES string of the molecule is CN(CCOC[C@H]1CCCO1)[C@@H](C(N)=O)c1cccc(F)c1. The van der Waals surface area contributed by atoms with Crippen molar-refractivity contribution in [1.82, 2.24) is 4.90 Å². The minimum absolute atomic E-state index is 0.181. The van der Waals surface area contributed by atoms with Gasteiger partial charge in [0.2, 0.25) is 5.91 Å². The molecule has 5 nitrogen and oxygen atoms in total. The molecule has 0 unspecified atom stereocenters. The summed E-state index contributed by atoms with van der Waals surface area (Å²) in [5.41, 5.74) is 6.01. The lowest BCUT2D eigenvalue weighted by Gasteiger charge is -2.26. The molecule has 0 spiro atoms. The van der Waals surface area contributed by atoms with Crippen LogP contribution in [0.1, 0.15) is 24.4 Å². The number of hydrogen-bond donors (Lipinski definition) is 1. The zero-order chi connectivity index (χ0) is 15.9. The normalized spacial score (nSPS) is 19.5. The second kappa shape index (κ2) is 8.22. The standard InChI is InChI=1S/C16H23FN2O3/c1-19(7-9-21-11-14-6-3-8-22-14)15(16(18)20)12-4-2-5-13(17)10-12/h2,4-5,10,14-15H,3,6-9,11H2,1H3,(H2,18,20)/t14-,15-/m1/s1. The lowest BCUT2D eigenvalue weighted by atomic mass is 10.1. The van der Waals surface area contributed by atoms with Crippen LogP contribution in [0.3, 0.4) is 0 Å². The molecular formula is C16H23FN2O3. The molecule has 0 aromatic heterocycles. The summed E-state index contributed by atoms with van der Waals surface area (Å²) in [5.74, 6) is -0.890. The van der Waals surface area contributed by atoms with Gasteiger partial charge in [0.05, 0.1) is 19.3 Å². The molecule has 0 bridgehead atoms. The number of ether oxygens (including phenoxy) is 2. The van der Waals surface area contributed by atoms with Crippen LogP contribution in [-0.4, -0.2) is 50.3 Å². The van der Waals surface area contributed by atoms with E-state index in [1.54, 1.807) is 24.1 Å². The third kappa shape index (κ3) is 4.76. The highest BCUT2D eigenvalue weighted by molar-refractivity contribution is 5.81. The summed E-state index contributed by atoms with van der Waals surface area (Å²) < 4.78 is 24.4. The number of hydrogen-bond acceptors (Lipinski definition) is 4. The zero-order valence-electron chi connectivity index (χ0n) is 12.8. The van der Waals surface area contributed by atoms with Crippen molar-refractivity contribution >= 4 is 5.91 Å². The topological polar surface area (TPSA) is 64.8 Å². The van der Waals surface area contributed by atoms with Gasteiger partial charge in [-0.1, -0.05) is 12.1 Å². The maximum atomic E-state index is 13.3. The fourth-order valence-electron chi connectivity index (χ4n) is 2.64. The van der Waals surface area contributed by atoms with E-state index in [1.165, 1.54) is 12.1 Å². The number of primary amides is 1. The fraction of sp³-hybridized carbons (Fsp3) is 0.562. The average Bonchev–Trinajstić information content (AvgIpc) is 2.97. The highest BCUT2D eigenvalue weighted by Crippen LogP contribution is 2.20. The molecule has 122 valence electrons. The largest absolute Gasteiger partial charge is 0.377 e. The molecule has 6 heteroatoms. The summed E-state index contributed by atoms with van der Waals surface area (Å²) in [5, 5.41) is 0. The molecule has 0 radical (unpaired) electrons. The predicted molar refractivity (Wildman–Crippen MR) is 80.8 cm³/mol. The Morgan fingerprint density at radius 2 is 2.41 bits per heavy atom. The van der Waals surface area contributed by atoms with E-state index in [1.807, 2.05) is 0 Å². The number of carbonyl (C=O) groups is 1. The molecule has 0 saturated carbocycles. The van der Waals surface area contributed by atoms with Gasteiger partial charge >= 0.3 is 0 Å². The van der Waals surface area contributed by atoms with Gasteiger partial charge in [0.15, 0.2) is 0 Å². The molecule has 2 rings (SSSR count). The van der Waals surface area contributed by atoms with E-state index < -0.39 is 11.9 Å². The number of amides is 1. The molecule has 1 aliphatic heterocycles. The Hall–Kier alpha value is -1.50. The molecule has 0 aliphatic carbocycles. The van der Waals surface area contributed by atoms with Crippen LogP contribution in [0.25, 0.3) is 0 Å². The molecule has 1 fully saturated rings. The first kappa shape index (κ1) is 16.9. The van der Waals surface area contributed by atoms with E-state index in [4.69, 9.17) is 15.2 Å². The number of halogens is 1. The summed E-state index contributed by atoms with van der Waals surface area (Å²) in [6, 6.07) is 5.28. The Bertz CT molecular complexity index is 492. The monoisotopic (exact) mass is 310 g/mol. The highest BCUT2D eigenvalue weighted by Gasteiger charge is 2.23. The fourth-order valence-corrected chi connectivity index (χ4v) is 2.64. The number of nitrogens with two attached hydrogens (primary N) is 1. The molecule has 22 heavy (non-hydrogen) atoms. The van der Waals surface area contributed by atoms with Gasteiger partial charge in [-0.25, -0.2) is 4.39 Å². The summed E-state index contributed by atoms with van der Waals surface area (Å²) in [6.07, 6.45) is 2.29. The Morgan fingerprint density at radius 3 is 3.05 bits per heavy atom. The number of nitrogens with zero attached hydrogens (tertiary/aromatic N) is 1. The van der Waals surface area contributed by atoms with E-state index in [9.17, 15) is 9.18 Å². The first-order chi connectivity index (χ1) is 10.6. The van der Waals surface area contributed by atoms with Gasteiger partial charge in [-0.2, -0.15) is 0 Å². The second-order valence-corrected chi connectivity index (χ2v) is 5.55. The van der Waals surface area contributed by atoms with E-state index in [0.29, 0.717) is 25.3 Å². The van der Waals surface area contributed by atoms with E-state index in [2.05, 4.69) is 0 Å². The number of likely N-dealkylation sites (N-methyl/N-ethyl adjacent to an activating group) is 1. The second-order valence-electron chi connectivity index (χ2n) is 5.55. The predicted octanol–water partition coefficient (Wildman–Crippen LogP) is 1.48. The Morgan fingerprint density at radius 1 is 1.59 bits per heavy atom. The van der Waals surface area contributed by atoms with Crippen LogP contribution in [0.15, 0.2) is 24.3 Å². The van der Waals surface area contributed by atoms with Gasteiger partial charge in [0.25, 0.3) is 0 Å². The summed E-state index contributed by atoms with van der Waals surface area (Å²) in [7, 11) is 1.77. The van der Waals surface area contributed by atoms with Crippen molar-refractivity contribution in [2.24, 2.45) is 5.73 Å². The van der Waals surface area contributed by atoms with Gasteiger partial charge < -0.3 is 15.2 Å². The lowest BCUT2D eigenvalue weighted by Crippen LogP contribution is -2.37. The molecule has 1 saturated heterocycles. The van der Waals surface area contributed by atoms with E-state index in [0.717, 1.165) is 19.4 Å². The van der Waals surface area contributed by atoms with Gasteiger partial charge in [-0.05, 0) is 37.6 Å². The maximum Gasteiger partial charge on any atom is 0.239 e. The summed E-state index contributed by atoms with van der Waals surface area (Å²) in [6.45, 7) is 2.36. The maximum absolute atomic E-state index is 13.3. The molecule has 1 aliphatic rings. The number of carbonyl (C=O) groups excluding carboxylic acids is 1. The van der Waals surface area contributed by atoms with Crippen molar-refractivity contribution in [3.05, 3.63) is 35.6 Å². The molecule has 1 amide bonds. The van der Waals surface area contributed by atoms with E-state index in [-0.39, 0.29) is 11.9 Å². The Balaban J connectivity index is 1.84. The van der Waals surface area contributed by atoms with Crippen LogP contribution in [0.5, 0.6) is 0 Å². The smallest absolute Gasteiger partial charge is 0.239 e. The third-order valence-electron chi connectivity index (χ3n) is 3.79. The van der Waals surface area contributed by atoms with Crippen LogP contribution in [-0.2, 0) is 14.3 Å². The summed E-state index contributed by atoms with van der Waals surface area (Å²) >= 11 is 0. The van der Waals surface area contributed by atoms with Crippen molar-refractivity contribution < 1.29 is 18.7 Å². The van der Waals surface area contributed by atoms with Gasteiger partial charge in [-0.3, -0.25) is 9.69 Å². The molecule has 1 heterocycles. The van der Waals surface area contributed by atoms with Crippen LogP contribution < -0.4 is 5.73 Å². The van der Waals surface area contributed by atoms with Crippen LogP contribution in [0, 0.1) is 5.82 Å². The van der Waals surface area contributed by atoms with Crippen LogP contribution >= 0.6 is 0 Å². The van der Waals surface area contributed by atoms with Crippen LogP contribution in [0.4, 0.5) is 4.39 Å². The third-order valence-corrected chi connectivity index (χ3v) is 3.79.